The molecule has 3 aliphatic rings. The van der Waals surface area contributed by atoms with Crippen LogP contribution >= 0.6 is 0 Å². The summed E-state index contributed by atoms with van der Waals surface area (Å²) >= 11 is 0. The van der Waals surface area contributed by atoms with Crippen LogP contribution in [0.5, 0.6) is 34.5 Å². The Morgan fingerprint density at radius 3 is 1.10 bits per heavy atom. The maximum atomic E-state index is 12.8. The van der Waals surface area contributed by atoms with E-state index in [1.54, 1.807) is 29.9 Å². The van der Waals surface area contributed by atoms with Crippen LogP contribution in [0, 0.1) is 0 Å². The van der Waals surface area contributed by atoms with E-state index < -0.39 is 0 Å². The van der Waals surface area contributed by atoms with Crippen LogP contribution in [0.3, 0.4) is 0 Å². The molecular formula is C76H72N16O9. The number of ether oxygens (including phenoxy) is 3. The number of likely N-dealkylation sites (N-methyl/N-ethyl adjacent to an activating group) is 1. The zero-order valence-corrected chi connectivity index (χ0v) is 55.5. The normalized spacial score (nSPS) is 15.9. The Balaban J connectivity index is 0.000000136. The van der Waals surface area contributed by atoms with Crippen LogP contribution in [-0.2, 0) is 14.4 Å². The molecule has 0 aliphatic carbocycles. The van der Waals surface area contributed by atoms with Gasteiger partial charge in [0.15, 0.2) is 16.9 Å². The van der Waals surface area contributed by atoms with Gasteiger partial charge in [0.05, 0.1) is 37.1 Å². The van der Waals surface area contributed by atoms with Crippen LogP contribution in [0.2, 0.25) is 0 Å². The van der Waals surface area contributed by atoms with Crippen molar-refractivity contribution in [2.24, 2.45) is 0 Å². The lowest BCUT2D eigenvalue weighted by molar-refractivity contribution is -0.127. The van der Waals surface area contributed by atoms with Gasteiger partial charge in [-0.2, -0.15) is 15.3 Å². The second kappa shape index (κ2) is 30.4. The molecule has 12 aromatic rings. The number of likely N-dealkylation sites (tertiary alicyclic amines) is 3. The van der Waals surface area contributed by atoms with E-state index in [4.69, 9.17) is 29.5 Å². The molecule has 3 aliphatic heterocycles. The van der Waals surface area contributed by atoms with Gasteiger partial charge in [0.25, 0.3) is 16.7 Å². The number of para-hydroxylation sites is 3. The third-order valence-corrected chi connectivity index (χ3v) is 17.6. The summed E-state index contributed by atoms with van der Waals surface area (Å²) < 4.78 is 23.0. The van der Waals surface area contributed by atoms with Gasteiger partial charge in [0.2, 0.25) is 17.7 Å². The van der Waals surface area contributed by atoms with Crippen molar-refractivity contribution in [2.75, 3.05) is 59.9 Å². The van der Waals surface area contributed by atoms with Crippen LogP contribution in [-0.4, -0.2) is 156 Å². The molecule has 3 fully saturated rings. The summed E-state index contributed by atoms with van der Waals surface area (Å²) in [6.07, 6.45) is 13.4. The van der Waals surface area contributed by atoms with E-state index in [9.17, 15) is 28.8 Å². The number of hydrogen-bond acceptors (Lipinski definition) is 16. The molecule has 15 rings (SSSR count). The monoisotopic (exact) mass is 1350 g/mol. The zero-order valence-electron chi connectivity index (χ0n) is 55.5. The fourth-order valence-corrected chi connectivity index (χ4v) is 12.6. The van der Waals surface area contributed by atoms with Crippen LogP contribution < -0.4 is 30.9 Å². The number of carbonyl (C=O) groups is 3. The van der Waals surface area contributed by atoms with Crippen LogP contribution in [0.15, 0.2) is 235 Å². The quantitative estimate of drug-likeness (QED) is 0.0714. The molecule has 101 heavy (non-hydrogen) atoms. The standard InChI is InChI=1S/C27H28N6O3.C25H23N5O3.C24H21N5O3/c1-31(2)15-6-9-23(34)32-16-14-20(17-32)33-26-24(27(35)29-18-28-26)25(30-33)19-10-12-22(13-11-19)36-21-7-4-3-5-8-21;1-2-21(31)29-14-6-7-18(15-29)30-24-22(25(32)27-16-26-24)23(28-30)17-10-12-20(13-11-17)33-19-8-4-3-5-9-19;1-2-20(30)28-13-12-17(14-28)29-23-21(24(31)26-15-25-23)22(27-29)16-8-10-19(11-9-16)32-18-6-4-3-5-7-18/h3-13,18,20H,14-17H2,1-2H3,(H,28,29,35);2-5,8-13,16,18H,1,6-7,14-15H2,(H,26,27,32);2-11,15,17H,1,12-14H2,(H,25,26,31)/b9-6+;;/t20-;18-;17-/m111/s1. The minimum atomic E-state index is -0.252. The highest BCUT2D eigenvalue weighted by molar-refractivity contribution is 5.93. The number of rotatable bonds is 17. The molecule has 3 amide bonds. The zero-order chi connectivity index (χ0) is 69.9. The van der Waals surface area contributed by atoms with Gasteiger partial charge in [-0.05, 0) is 161 Å². The molecule has 3 saturated heterocycles. The van der Waals surface area contributed by atoms with Gasteiger partial charge in [0, 0.05) is 68.6 Å². The first-order valence-corrected chi connectivity index (χ1v) is 33.1. The number of piperidine rings is 1. The first-order chi connectivity index (χ1) is 49.3. The molecule has 25 heteroatoms. The number of hydrogen-bond donors (Lipinski definition) is 3. The summed E-state index contributed by atoms with van der Waals surface area (Å²) in [6.45, 7) is 11.3. The summed E-state index contributed by atoms with van der Waals surface area (Å²) in [5.41, 5.74) is 4.80. The molecule has 0 unspecified atom stereocenters. The first kappa shape index (κ1) is 67.0. The highest BCUT2D eigenvalue weighted by Crippen LogP contribution is 2.36. The number of aromatic nitrogens is 12. The van der Waals surface area contributed by atoms with Gasteiger partial charge in [0.1, 0.15) is 67.7 Å². The van der Waals surface area contributed by atoms with Crippen LogP contribution in [0.1, 0.15) is 43.8 Å². The van der Waals surface area contributed by atoms with Gasteiger partial charge in [-0.1, -0.05) is 73.8 Å². The number of aromatic amines is 3. The molecular weight excluding hydrogens is 1280 g/mol. The second-order valence-electron chi connectivity index (χ2n) is 24.6. The number of fused-ring (bicyclic) bond motifs is 3. The largest absolute Gasteiger partial charge is 0.457 e. The first-order valence-electron chi connectivity index (χ1n) is 33.1. The van der Waals surface area contributed by atoms with Gasteiger partial charge in [-0.15, -0.1) is 0 Å². The Morgan fingerprint density at radius 2 is 0.762 bits per heavy atom. The number of benzene rings is 6. The second-order valence-corrected chi connectivity index (χ2v) is 24.6. The molecule has 0 saturated carbocycles. The maximum absolute atomic E-state index is 12.8. The molecule has 0 bridgehead atoms. The maximum Gasteiger partial charge on any atom is 0.262 e. The number of nitrogens with one attached hydrogen (secondary N) is 3. The van der Waals surface area contributed by atoms with E-state index in [1.165, 1.54) is 31.1 Å². The molecule has 510 valence electrons. The molecule has 3 atom stereocenters. The third kappa shape index (κ3) is 15.1. The Kier molecular flexibility index (Phi) is 20.2. The number of amides is 3. The Bertz CT molecular complexity index is 5170. The molecule has 6 aromatic carbocycles. The Hall–Kier alpha value is -12.6. The summed E-state index contributed by atoms with van der Waals surface area (Å²) in [5, 5.41) is 15.7. The van der Waals surface area contributed by atoms with E-state index in [1.807, 2.05) is 194 Å². The summed E-state index contributed by atoms with van der Waals surface area (Å²) in [5.74, 6) is 4.07. The SMILES string of the molecule is C=CC(=O)N1CCC[C@@H](n2nc(-c3ccc(Oc4ccccc4)cc3)c3c(=O)[nH]cnc32)C1.C=CC(=O)N1CC[C@@H](n2nc(-c3ccc(Oc4ccccc4)cc3)c3c(=O)[nH]cnc32)C1.CN(C)C/C=C/C(=O)N1CC[C@@H](n2nc(-c3ccc(Oc4ccccc4)cc3)c3c(=O)[nH]cnc32)C1. The number of nitrogens with zero attached hydrogens (tertiary/aromatic N) is 13. The minimum absolute atomic E-state index is 0.0177. The molecule has 9 heterocycles. The number of carbonyl (C=O) groups excluding carboxylic acids is 3. The lowest BCUT2D eigenvalue weighted by Crippen LogP contribution is -2.40. The van der Waals surface area contributed by atoms with Gasteiger partial charge in [-0.3, -0.25) is 28.8 Å². The predicted octanol–water partition coefficient (Wildman–Crippen LogP) is 10.9. The van der Waals surface area contributed by atoms with Crippen molar-refractivity contribution in [1.29, 1.82) is 0 Å². The van der Waals surface area contributed by atoms with Gasteiger partial charge < -0.3 is 48.8 Å². The van der Waals surface area contributed by atoms with E-state index in [-0.39, 0.29) is 52.5 Å². The van der Waals surface area contributed by atoms with Crippen molar-refractivity contribution >= 4 is 50.8 Å². The third-order valence-electron chi connectivity index (χ3n) is 17.6. The minimum Gasteiger partial charge on any atom is -0.457 e. The summed E-state index contributed by atoms with van der Waals surface area (Å²) in [7, 11) is 3.92. The smallest absolute Gasteiger partial charge is 0.262 e. The Labute approximate surface area is 578 Å². The average molecular weight is 1350 g/mol. The Morgan fingerprint density at radius 1 is 0.446 bits per heavy atom. The van der Waals surface area contributed by atoms with Crippen molar-refractivity contribution < 1.29 is 28.6 Å². The lowest BCUT2D eigenvalue weighted by Gasteiger charge is -2.32. The summed E-state index contributed by atoms with van der Waals surface area (Å²) in [6, 6.07) is 50.8. The van der Waals surface area contributed by atoms with Gasteiger partial charge in [-0.25, -0.2) is 29.0 Å². The fourth-order valence-electron chi connectivity index (χ4n) is 12.6. The number of H-pyrrole nitrogens is 3. The summed E-state index contributed by atoms with van der Waals surface area (Å²) in [4.78, 5) is 104. The molecule has 0 spiro atoms. The van der Waals surface area contributed by atoms with Crippen molar-refractivity contribution in [3.63, 3.8) is 0 Å². The van der Waals surface area contributed by atoms with Crippen molar-refractivity contribution in [1.82, 2.24) is 78.8 Å². The van der Waals surface area contributed by atoms with Crippen molar-refractivity contribution in [3.8, 4) is 68.3 Å². The van der Waals surface area contributed by atoms with Crippen LogP contribution in [0.25, 0.3) is 66.9 Å². The fraction of sp³-hybridized carbons (Fsp3) is 0.211. The average Bonchev–Trinajstić information content (AvgIpc) is 1.63. The van der Waals surface area contributed by atoms with Crippen LogP contribution in [0.4, 0.5) is 0 Å². The highest BCUT2D eigenvalue weighted by atomic mass is 16.5. The molecule has 6 aromatic heterocycles. The highest BCUT2D eigenvalue weighted by Gasteiger charge is 2.33. The molecule has 0 radical (unpaired) electrons. The van der Waals surface area contributed by atoms with E-state index in [2.05, 4.69) is 43.1 Å². The van der Waals surface area contributed by atoms with E-state index >= 15 is 0 Å². The van der Waals surface area contributed by atoms with E-state index in [0.29, 0.717) is 113 Å². The van der Waals surface area contributed by atoms with Crippen molar-refractivity contribution in [2.45, 2.75) is 43.8 Å². The van der Waals surface area contributed by atoms with E-state index in [0.717, 1.165) is 59.6 Å². The lowest BCUT2D eigenvalue weighted by atomic mass is 10.1. The topological polar surface area (TPSA) is 283 Å². The molecule has 25 nitrogen and oxygen atoms in total. The molecule has 3 N–H and O–H groups in total. The van der Waals surface area contributed by atoms with Gasteiger partial charge >= 0.3 is 0 Å². The predicted molar refractivity (Wildman–Crippen MR) is 384 cm³/mol. The van der Waals surface area contributed by atoms with Crippen molar-refractivity contribution in [3.05, 3.63) is 251 Å².